The normalized spacial score (nSPS) is 11.9. The molecular weight excluding hydrogens is 284 g/mol. The zero-order valence-electron chi connectivity index (χ0n) is 9.61. The van der Waals surface area contributed by atoms with Crippen molar-refractivity contribution in [3.8, 4) is 0 Å². The number of ether oxygens (including phenoxy) is 2. The molecule has 0 bridgehead atoms. The summed E-state index contributed by atoms with van der Waals surface area (Å²) in [5.74, 6) is -1.40. The molecule has 10 heteroatoms. The molecule has 0 aliphatic heterocycles. The van der Waals surface area contributed by atoms with Crippen LogP contribution in [-0.2, 0) is 19.5 Å². The molecule has 1 aromatic heterocycles. The van der Waals surface area contributed by atoms with E-state index in [9.17, 15) is 13.2 Å². The van der Waals surface area contributed by atoms with Crippen molar-refractivity contribution in [3.63, 3.8) is 0 Å². The minimum atomic E-state index is -3.94. The highest BCUT2D eigenvalue weighted by Crippen LogP contribution is 2.19. The Bertz CT molecular complexity index is 507. The van der Waals surface area contributed by atoms with E-state index in [0.717, 1.165) is 16.8 Å². The summed E-state index contributed by atoms with van der Waals surface area (Å²) in [6.45, 7) is -0.133. The number of thiazole rings is 1. The third-order valence-electron chi connectivity index (χ3n) is 1.95. The van der Waals surface area contributed by atoms with Gasteiger partial charge in [0.05, 0.1) is 12.1 Å². The first-order valence-corrected chi connectivity index (χ1v) is 7.00. The van der Waals surface area contributed by atoms with Crippen molar-refractivity contribution in [1.82, 2.24) is 9.71 Å². The van der Waals surface area contributed by atoms with Crippen molar-refractivity contribution in [1.29, 1.82) is 0 Å². The molecule has 0 aliphatic carbocycles. The van der Waals surface area contributed by atoms with E-state index in [2.05, 4.69) is 9.71 Å². The van der Waals surface area contributed by atoms with Crippen LogP contribution in [0.2, 0.25) is 0 Å². The molecule has 0 radical (unpaired) electrons. The fourth-order valence-electron chi connectivity index (χ4n) is 1.07. The molecule has 0 unspecified atom stereocenters. The molecule has 102 valence electrons. The van der Waals surface area contributed by atoms with E-state index in [4.69, 9.17) is 14.6 Å². The van der Waals surface area contributed by atoms with E-state index >= 15 is 0 Å². The Morgan fingerprint density at radius 3 is 2.67 bits per heavy atom. The smallest absolute Gasteiger partial charge is 0.356 e. The lowest BCUT2D eigenvalue weighted by Gasteiger charge is -2.13. The quantitative estimate of drug-likeness (QED) is 0.666. The maximum atomic E-state index is 11.8. The Balaban J connectivity index is 2.87. The van der Waals surface area contributed by atoms with E-state index in [1.165, 1.54) is 14.2 Å². The Morgan fingerprint density at radius 2 is 2.17 bits per heavy atom. The van der Waals surface area contributed by atoms with Gasteiger partial charge >= 0.3 is 5.97 Å². The van der Waals surface area contributed by atoms with Crippen molar-refractivity contribution in [2.75, 3.05) is 20.8 Å². The molecule has 0 atom stereocenters. The van der Waals surface area contributed by atoms with E-state index in [0.29, 0.717) is 0 Å². The van der Waals surface area contributed by atoms with Crippen LogP contribution in [0.25, 0.3) is 0 Å². The Morgan fingerprint density at radius 1 is 1.56 bits per heavy atom. The van der Waals surface area contributed by atoms with Crippen molar-refractivity contribution < 1.29 is 27.8 Å². The summed E-state index contributed by atoms with van der Waals surface area (Å²) in [6, 6.07) is 0. The third-order valence-corrected chi connectivity index (χ3v) is 4.74. The van der Waals surface area contributed by atoms with E-state index in [1.807, 2.05) is 0 Å². The second kappa shape index (κ2) is 6.20. The molecule has 0 amide bonds. The lowest BCUT2D eigenvalue weighted by molar-refractivity contribution is -0.0960. The maximum Gasteiger partial charge on any atom is 0.356 e. The number of carbonyl (C=O) groups is 1. The van der Waals surface area contributed by atoms with Crippen LogP contribution in [-0.4, -0.2) is 51.5 Å². The standard InChI is InChI=1S/C8H12N2O6S2/c1-15-5(16-2)3-10-18(13,14)8-6(7(11)12)9-4-17-8/h4-5,10H,3H2,1-2H3,(H,11,12). The van der Waals surface area contributed by atoms with E-state index < -0.39 is 28.0 Å². The summed E-state index contributed by atoms with van der Waals surface area (Å²) in [5.41, 5.74) is 0.654. The maximum absolute atomic E-state index is 11.8. The summed E-state index contributed by atoms with van der Waals surface area (Å²) in [4.78, 5) is 14.3. The van der Waals surface area contributed by atoms with Crippen molar-refractivity contribution >= 4 is 27.3 Å². The van der Waals surface area contributed by atoms with Gasteiger partial charge in [-0.25, -0.2) is 22.9 Å². The lowest BCUT2D eigenvalue weighted by atomic mass is 10.5. The van der Waals surface area contributed by atoms with Crippen LogP contribution >= 0.6 is 11.3 Å². The number of nitrogens with zero attached hydrogens (tertiary/aromatic N) is 1. The van der Waals surface area contributed by atoms with Crippen LogP contribution < -0.4 is 4.72 Å². The zero-order valence-corrected chi connectivity index (χ0v) is 11.2. The zero-order chi connectivity index (χ0) is 13.8. The predicted octanol–water partition coefficient (Wildman–Crippen LogP) is -0.261. The van der Waals surface area contributed by atoms with Crippen LogP contribution in [0.4, 0.5) is 0 Å². The predicted molar refractivity (Wildman–Crippen MR) is 62.1 cm³/mol. The Labute approximate surface area is 108 Å². The SMILES string of the molecule is COC(CNS(=O)(=O)c1scnc1C(=O)O)OC. The summed E-state index contributed by atoms with van der Waals surface area (Å²) in [7, 11) is -1.22. The average molecular weight is 296 g/mol. The minimum Gasteiger partial charge on any atom is -0.476 e. The number of nitrogens with one attached hydrogen (secondary N) is 1. The van der Waals surface area contributed by atoms with Crippen molar-refractivity contribution in [2.45, 2.75) is 10.5 Å². The van der Waals surface area contributed by atoms with Crippen molar-refractivity contribution in [3.05, 3.63) is 11.2 Å². The Hall–Kier alpha value is -1.07. The van der Waals surface area contributed by atoms with Crippen LogP contribution in [0.1, 0.15) is 10.5 Å². The molecule has 1 rings (SSSR count). The number of rotatable bonds is 7. The summed E-state index contributed by atoms with van der Waals surface area (Å²) >= 11 is 0.728. The number of aromatic carboxylic acids is 1. The molecule has 0 spiro atoms. The van der Waals surface area contributed by atoms with Gasteiger partial charge in [-0.1, -0.05) is 0 Å². The van der Waals surface area contributed by atoms with Gasteiger partial charge in [-0.2, -0.15) is 0 Å². The molecule has 0 fully saturated rings. The van der Waals surface area contributed by atoms with Crippen LogP contribution in [0.5, 0.6) is 0 Å². The monoisotopic (exact) mass is 296 g/mol. The molecule has 18 heavy (non-hydrogen) atoms. The molecule has 1 aromatic rings. The molecular formula is C8H12N2O6S2. The summed E-state index contributed by atoms with van der Waals surface area (Å²) in [6.07, 6.45) is -0.749. The topological polar surface area (TPSA) is 115 Å². The van der Waals surface area contributed by atoms with Gasteiger partial charge in [-0.3, -0.25) is 0 Å². The molecule has 8 nitrogen and oxygen atoms in total. The van der Waals surface area contributed by atoms with Gasteiger partial charge in [0, 0.05) is 14.2 Å². The second-order valence-corrected chi connectivity index (χ2v) is 5.86. The molecule has 2 N–H and O–H groups in total. The molecule has 0 saturated heterocycles. The van der Waals surface area contributed by atoms with E-state index in [1.54, 1.807) is 0 Å². The van der Waals surface area contributed by atoms with Crippen LogP contribution in [0.3, 0.4) is 0 Å². The van der Waals surface area contributed by atoms with Gasteiger partial charge in [-0.05, 0) is 0 Å². The van der Waals surface area contributed by atoms with Crippen molar-refractivity contribution in [2.24, 2.45) is 0 Å². The van der Waals surface area contributed by atoms with E-state index in [-0.39, 0.29) is 10.8 Å². The highest BCUT2D eigenvalue weighted by molar-refractivity contribution is 7.91. The van der Waals surface area contributed by atoms with Gasteiger partial charge in [0.2, 0.25) is 0 Å². The average Bonchev–Trinajstić information content (AvgIpc) is 2.80. The Kier molecular flexibility index (Phi) is 5.16. The first kappa shape index (κ1) is 15.0. The largest absolute Gasteiger partial charge is 0.476 e. The first-order chi connectivity index (χ1) is 8.42. The summed E-state index contributed by atoms with van der Waals surface area (Å²) < 4.78 is 35.1. The van der Waals surface area contributed by atoms with Crippen LogP contribution in [0, 0.1) is 0 Å². The highest BCUT2D eigenvalue weighted by atomic mass is 32.2. The lowest BCUT2D eigenvalue weighted by Crippen LogP contribution is -2.34. The van der Waals surface area contributed by atoms with Gasteiger partial charge < -0.3 is 14.6 Å². The first-order valence-electron chi connectivity index (χ1n) is 4.64. The minimum absolute atomic E-state index is 0.133. The highest BCUT2D eigenvalue weighted by Gasteiger charge is 2.26. The van der Waals surface area contributed by atoms with Gasteiger partial charge in [0.15, 0.2) is 16.2 Å². The third kappa shape index (κ3) is 3.46. The molecule has 1 heterocycles. The fourth-order valence-corrected chi connectivity index (χ4v) is 3.27. The van der Waals surface area contributed by atoms with Crippen LogP contribution in [0.15, 0.2) is 9.72 Å². The number of carboxylic acid groups (broad SMARTS) is 1. The van der Waals surface area contributed by atoms with Gasteiger partial charge in [0.1, 0.15) is 0 Å². The summed E-state index contributed by atoms with van der Waals surface area (Å²) in [5, 5.41) is 8.79. The fraction of sp³-hybridized carbons (Fsp3) is 0.500. The number of methoxy groups -OCH3 is 2. The number of carboxylic acids is 1. The number of sulfonamides is 1. The second-order valence-electron chi connectivity index (χ2n) is 3.05. The number of hydrogen-bond acceptors (Lipinski definition) is 7. The van der Waals surface area contributed by atoms with Gasteiger partial charge in [-0.15, -0.1) is 11.3 Å². The number of aromatic nitrogens is 1. The molecule has 0 saturated carbocycles. The number of hydrogen-bond donors (Lipinski definition) is 2. The van der Waals surface area contributed by atoms with Gasteiger partial charge in [0.25, 0.3) is 10.0 Å². The molecule has 0 aliphatic rings. The molecule has 0 aromatic carbocycles.